The van der Waals surface area contributed by atoms with E-state index in [0.29, 0.717) is 12.0 Å². The van der Waals surface area contributed by atoms with Gasteiger partial charge < -0.3 is 4.74 Å². The van der Waals surface area contributed by atoms with Gasteiger partial charge in [-0.1, -0.05) is 24.6 Å². The van der Waals surface area contributed by atoms with Gasteiger partial charge in [0.15, 0.2) is 0 Å². The van der Waals surface area contributed by atoms with Crippen molar-refractivity contribution in [2.45, 2.75) is 13.3 Å². The van der Waals surface area contributed by atoms with Gasteiger partial charge in [-0.05, 0) is 18.6 Å². The van der Waals surface area contributed by atoms with Crippen LogP contribution in [0.5, 0.6) is 11.6 Å². The summed E-state index contributed by atoms with van der Waals surface area (Å²) in [6.45, 7) is 1.87. The average Bonchev–Trinajstić information content (AvgIpc) is 2.39. The van der Waals surface area contributed by atoms with Gasteiger partial charge in [-0.2, -0.15) is 5.26 Å². The first-order valence-corrected chi connectivity index (χ1v) is 5.91. The van der Waals surface area contributed by atoms with Crippen molar-refractivity contribution >= 4 is 11.6 Å². The molecule has 0 atom stereocenters. The lowest BCUT2D eigenvalue weighted by atomic mass is 10.2. The van der Waals surface area contributed by atoms with Crippen LogP contribution in [0, 0.1) is 17.1 Å². The van der Waals surface area contributed by atoms with Crippen LogP contribution in [0.2, 0.25) is 5.15 Å². The van der Waals surface area contributed by atoms with Gasteiger partial charge in [0.05, 0.1) is 5.56 Å². The predicted molar refractivity (Wildman–Crippen MR) is 67.6 cm³/mol. The lowest BCUT2D eigenvalue weighted by Gasteiger charge is -2.10. The van der Waals surface area contributed by atoms with Crippen LogP contribution in [0.25, 0.3) is 0 Å². The van der Waals surface area contributed by atoms with Crippen LogP contribution in [0.3, 0.4) is 0 Å². The smallest absolute Gasteiger partial charge is 0.227 e. The molecule has 0 saturated heterocycles. The van der Waals surface area contributed by atoms with E-state index < -0.39 is 5.82 Å². The van der Waals surface area contributed by atoms with Gasteiger partial charge in [-0.25, -0.2) is 14.4 Å². The van der Waals surface area contributed by atoms with E-state index in [1.54, 1.807) is 6.07 Å². The van der Waals surface area contributed by atoms with Crippen LogP contribution in [-0.2, 0) is 6.42 Å². The van der Waals surface area contributed by atoms with Gasteiger partial charge in [0, 0.05) is 0 Å². The number of nitrogens with zero attached hydrogens (tertiary/aromatic N) is 3. The van der Waals surface area contributed by atoms with E-state index in [2.05, 4.69) is 9.97 Å². The van der Waals surface area contributed by atoms with Gasteiger partial charge in [0.1, 0.15) is 34.7 Å². The molecule has 0 N–H and O–H groups in total. The Balaban J connectivity index is 2.46. The summed E-state index contributed by atoms with van der Waals surface area (Å²) in [5.74, 6) is -0.310. The van der Waals surface area contributed by atoms with Crippen molar-refractivity contribution in [3.63, 3.8) is 0 Å². The quantitative estimate of drug-likeness (QED) is 0.806. The summed E-state index contributed by atoms with van der Waals surface area (Å²) in [4.78, 5) is 7.81. The first-order chi connectivity index (χ1) is 9.17. The summed E-state index contributed by atoms with van der Waals surface area (Å²) in [6.07, 6.45) is 1.81. The number of rotatable bonds is 3. The molecule has 2 rings (SSSR count). The fourth-order valence-electron chi connectivity index (χ4n) is 1.56. The van der Waals surface area contributed by atoms with E-state index in [1.807, 2.05) is 6.92 Å². The summed E-state index contributed by atoms with van der Waals surface area (Å²) in [6, 6.07) is 5.91. The van der Waals surface area contributed by atoms with Gasteiger partial charge in [0.25, 0.3) is 0 Å². The SMILES string of the molecule is CCc1c(Cl)ncnc1Oc1cccc(F)c1C#N. The van der Waals surface area contributed by atoms with E-state index in [0.717, 1.165) is 0 Å². The fourth-order valence-corrected chi connectivity index (χ4v) is 1.82. The van der Waals surface area contributed by atoms with Crippen molar-refractivity contribution in [1.82, 2.24) is 9.97 Å². The van der Waals surface area contributed by atoms with Crippen LogP contribution in [0.15, 0.2) is 24.5 Å². The molecule has 4 nitrogen and oxygen atoms in total. The minimum absolute atomic E-state index is 0.104. The Labute approximate surface area is 114 Å². The molecule has 0 saturated carbocycles. The van der Waals surface area contributed by atoms with Crippen LogP contribution < -0.4 is 4.74 Å². The molecule has 1 aromatic carbocycles. The molecule has 0 aliphatic rings. The number of aromatic nitrogens is 2. The molecular weight excluding hydrogens is 269 g/mol. The molecule has 6 heteroatoms. The number of hydrogen-bond acceptors (Lipinski definition) is 4. The highest BCUT2D eigenvalue weighted by atomic mass is 35.5. The summed E-state index contributed by atoms with van der Waals surface area (Å²) in [5, 5.41) is 9.21. The molecule has 0 unspecified atom stereocenters. The first-order valence-electron chi connectivity index (χ1n) is 5.53. The van der Waals surface area contributed by atoms with E-state index in [-0.39, 0.29) is 22.3 Å². The molecule has 0 spiro atoms. The van der Waals surface area contributed by atoms with Gasteiger partial charge in [0.2, 0.25) is 5.88 Å². The third-order valence-corrected chi connectivity index (χ3v) is 2.83. The topological polar surface area (TPSA) is 58.8 Å². The summed E-state index contributed by atoms with van der Waals surface area (Å²) in [7, 11) is 0. The molecule has 0 aliphatic carbocycles. The van der Waals surface area contributed by atoms with Crippen LogP contribution in [0.4, 0.5) is 4.39 Å². The molecule has 1 heterocycles. The van der Waals surface area contributed by atoms with E-state index >= 15 is 0 Å². The number of benzene rings is 1. The van der Waals surface area contributed by atoms with Crippen molar-refractivity contribution in [3.8, 4) is 17.7 Å². The zero-order valence-corrected chi connectivity index (χ0v) is 10.8. The summed E-state index contributed by atoms with van der Waals surface area (Å²) < 4.78 is 18.9. The Hall–Kier alpha value is -2.19. The second-order valence-corrected chi connectivity index (χ2v) is 3.99. The van der Waals surface area contributed by atoms with Crippen LogP contribution in [-0.4, -0.2) is 9.97 Å². The molecule has 96 valence electrons. The predicted octanol–water partition coefficient (Wildman–Crippen LogP) is 3.50. The third-order valence-electron chi connectivity index (χ3n) is 2.50. The Morgan fingerprint density at radius 3 is 2.89 bits per heavy atom. The minimum atomic E-state index is -0.641. The van der Waals surface area contributed by atoms with Crippen LogP contribution >= 0.6 is 11.6 Å². The highest BCUT2D eigenvalue weighted by Crippen LogP contribution is 2.30. The molecule has 0 fully saturated rings. The number of ether oxygens (including phenoxy) is 1. The summed E-state index contributed by atoms with van der Waals surface area (Å²) >= 11 is 5.93. The minimum Gasteiger partial charge on any atom is -0.437 e. The number of halogens is 2. The molecule has 0 radical (unpaired) electrons. The highest BCUT2D eigenvalue weighted by molar-refractivity contribution is 6.30. The fraction of sp³-hybridized carbons (Fsp3) is 0.154. The molecule has 2 aromatic rings. The Morgan fingerprint density at radius 1 is 1.42 bits per heavy atom. The zero-order chi connectivity index (χ0) is 13.8. The summed E-state index contributed by atoms with van der Waals surface area (Å²) in [5.41, 5.74) is 0.441. The second-order valence-electron chi connectivity index (χ2n) is 3.63. The molecule has 19 heavy (non-hydrogen) atoms. The van der Waals surface area contributed by atoms with Crippen LogP contribution in [0.1, 0.15) is 18.1 Å². The number of nitriles is 1. The molecule has 0 amide bonds. The van der Waals surface area contributed by atoms with Crippen molar-refractivity contribution in [2.75, 3.05) is 0 Å². The lowest BCUT2D eigenvalue weighted by molar-refractivity contribution is 0.448. The van der Waals surface area contributed by atoms with E-state index in [9.17, 15) is 4.39 Å². The first kappa shape index (κ1) is 13.2. The Kier molecular flexibility index (Phi) is 3.93. The van der Waals surface area contributed by atoms with Crippen molar-refractivity contribution in [1.29, 1.82) is 5.26 Å². The largest absolute Gasteiger partial charge is 0.437 e. The third kappa shape index (κ3) is 2.64. The monoisotopic (exact) mass is 277 g/mol. The normalized spacial score (nSPS) is 10.0. The van der Waals surface area contributed by atoms with Gasteiger partial charge in [-0.15, -0.1) is 0 Å². The maximum atomic E-state index is 13.5. The lowest BCUT2D eigenvalue weighted by Crippen LogP contribution is -1.98. The van der Waals surface area contributed by atoms with Gasteiger partial charge >= 0.3 is 0 Å². The molecule has 0 aliphatic heterocycles. The molecular formula is C13H9ClFN3O. The Bertz CT molecular complexity index is 655. The van der Waals surface area contributed by atoms with E-state index in [4.69, 9.17) is 21.6 Å². The second kappa shape index (κ2) is 5.63. The standard InChI is InChI=1S/C13H9ClFN3O/c1-2-8-12(14)17-7-18-13(8)19-11-5-3-4-10(15)9(11)6-16/h3-5,7H,2H2,1H3. The average molecular weight is 278 g/mol. The highest BCUT2D eigenvalue weighted by Gasteiger charge is 2.14. The maximum absolute atomic E-state index is 13.5. The molecule has 1 aromatic heterocycles. The van der Waals surface area contributed by atoms with Crippen molar-refractivity contribution in [2.24, 2.45) is 0 Å². The van der Waals surface area contributed by atoms with E-state index in [1.165, 1.54) is 24.5 Å². The van der Waals surface area contributed by atoms with Crippen molar-refractivity contribution < 1.29 is 9.13 Å². The van der Waals surface area contributed by atoms with Gasteiger partial charge in [-0.3, -0.25) is 0 Å². The number of hydrogen-bond donors (Lipinski definition) is 0. The Morgan fingerprint density at radius 2 is 2.21 bits per heavy atom. The zero-order valence-electron chi connectivity index (χ0n) is 10.0. The maximum Gasteiger partial charge on any atom is 0.227 e. The van der Waals surface area contributed by atoms with Crippen molar-refractivity contribution in [3.05, 3.63) is 46.6 Å². The molecule has 0 bridgehead atoms.